The molecule has 0 aromatic heterocycles. The molecule has 0 saturated carbocycles. The van der Waals surface area contributed by atoms with Gasteiger partial charge in [0.2, 0.25) is 10.0 Å². The number of hydrogen-bond donors (Lipinski definition) is 0. The quantitative estimate of drug-likeness (QED) is 0.759. The van der Waals surface area contributed by atoms with Crippen molar-refractivity contribution in [3.8, 4) is 5.75 Å². The highest BCUT2D eigenvalue weighted by molar-refractivity contribution is 7.89. The van der Waals surface area contributed by atoms with Crippen LogP contribution < -0.4 is 4.74 Å². The number of benzene rings is 1. The molecule has 1 aliphatic heterocycles. The monoisotopic (exact) mass is 345 g/mol. The van der Waals surface area contributed by atoms with Gasteiger partial charge in [0.15, 0.2) is 0 Å². The van der Waals surface area contributed by atoms with Gasteiger partial charge >= 0.3 is 0 Å². The van der Waals surface area contributed by atoms with Crippen molar-refractivity contribution in [3.63, 3.8) is 0 Å². The van der Waals surface area contributed by atoms with E-state index in [0.717, 1.165) is 31.4 Å². The Morgan fingerprint density at radius 1 is 1.23 bits per heavy atom. The van der Waals surface area contributed by atoms with E-state index in [2.05, 4.69) is 0 Å². The molecular formula is C16H24ClNO3S. The summed E-state index contributed by atoms with van der Waals surface area (Å²) in [6.07, 6.45) is 3.37. The molecular weight excluding hydrogens is 322 g/mol. The highest BCUT2D eigenvalue weighted by Gasteiger charge is 2.27. The van der Waals surface area contributed by atoms with Gasteiger partial charge < -0.3 is 4.74 Å². The zero-order valence-corrected chi connectivity index (χ0v) is 14.6. The van der Waals surface area contributed by atoms with Crippen molar-refractivity contribution >= 4 is 21.6 Å². The molecule has 0 aliphatic carbocycles. The van der Waals surface area contributed by atoms with Crippen molar-refractivity contribution in [1.82, 2.24) is 4.31 Å². The Bertz CT molecular complexity index is 551. The minimum absolute atomic E-state index is 0.273. The summed E-state index contributed by atoms with van der Waals surface area (Å²) in [5.74, 6) is 1.49. The van der Waals surface area contributed by atoms with Crippen molar-refractivity contribution in [2.45, 2.75) is 32.6 Å². The van der Waals surface area contributed by atoms with Crippen molar-refractivity contribution in [2.75, 3.05) is 25.4 Å². The van der Waals surface area contributed by atoms with Crippen LogP contribution in [-0.2, 0) is 10.0 Å². The van der Waals surface area contributed by atoms with Gasteiger partial charge in [-0.15, -0.1) is 0 Å². The van der Waals surface area contributed by atoms with Crippen LogP contribution in [0.1, 0.15) is 32.6 Å². The predicted octanol–water partition coefficient (Wildman–Crippen LogP) is 3.56. The molecule has 0 bridgehead atoms. The molecule has 124 valence electrons. The Hall–Kier alpha value is -0.780. The van der Waals surface area contributed by atoms with Crippen LogP contribution in [0.25, 0.3) is 0 Å². The Balaban J connectivity index is 1.76. The molecule has 1 aliphatic rings. The molecule has 22 heavy (non-hydrogen) atoms. The second-order valence-electron chi connectivity index (χ2n) is 5.78. The molecule has 0 atom stereocenters. The van der Waals surface area contributed by atoms with E-state index in [1.54, 1.807) is 16.4 Å². The topological polar surface area (TPSA) is 46.6 Å². The Labute approximate surface area is 138 Å². The highest BCUT2D eigenvalue weighted by Crippen LogP contribution is 2.22. The zero-order valence-electron chi connectivity index (χ0n) is 13.0. The van der Waals surface area contributed by atoms with Gasteiger partial charge in [0.05, 0.1) is 12.4 Å². The van der Waals surface area contributed by atoms with Crippen LogP contribution in [0.3, 0.4) is 0 Å². The van der Waals surface area contributed by atoms with Gasteiger partial charge in [0, 0.05) is 18.1 Å². The molecule has 6 heteroatoms. The summed E-state index contributed by atoms with van der Waals surface area (Å²) in [6, 6.07) is 7.32. The maximum atomic E-state index is 12.1. The highest BCUT2D eigenvalue weighted by atomic mass is 35.5. The smallest absolute Gasteiger partial charge is 0.214 e. The Kier molecular flexibility index (Phi) is 6.53. The summed E-state index contributed by atoms with van der Waals surface area (Å²) < 4.78 is 31.7. The fourth-order valence-electron chi connectivity index (χ4n) is 2.55. The normalized spacial score (nSPS) is 17.5. The van der Waals surface area contributed by atoms with Crippen LogP contribution in [-0.4, -0.2) is 38.2 Å². The number of sulfonamides is 1. The summed E-state index contributed by atoms with van der Waals surface area (Å²) in [5.41, 5.74) is 0. The van der Waals surface area contributed by atoms with E-state index in [9.17, 15) is 8.42 Å². The summed E-state index contributed by atoms with van der Waals surface area (Å²) in [6.45, 7) is 3.86. The van der Waals surface area contributed by atoms with E-state index < -0.39 is 10.0 Å². The number of hydrogen-bond acceptors (Lipinski definition) is 3. The lowest BCUT2D eigenvalue weighted by atomic mass is 9.99. The van der Waals surface area contributed by atoms with Gasteiger partial charge in [0.1, 0.15) is 5.75 Å². The molecule has 0 radical (unpaired) electrons. The number of nitrogens with zero attached hydrogens (tertiary/aromatic N) is 1. The van der Waals surface area contributed by atoms with Crippen LogP contribution >= 0.6 is 11.6 Å². The third-order valence-corrected chi connectivity index (χ3v) is 6.23. The predicted molar refractivity (Wildman–Crippen MR) is 89.9 cm³/mol. The Morgan fingerprint density at radius 3 is 2.45 bits per heavy atom. The molecule has 2 rings (SSSR count). The van der Waals surface area contributed by atoms with Gasteiger partial charge in [-0.3, -0.25) is 0 Å². The lowest BCUT2D eigenvalue weighted by Gasteiger charge is -2.31. The van der Waals surface area contributed by atoms with Gasteiger partial charge in [-0.1, -0.05) is 24.9 Å². The fraction of sp³-hybridized carbons (Fsp3) is 0.625. The standard InChI is InChI=1S/C16H24ClNO3S/c1-2-3-12-22(19,20)18-10-8-14(9-11-18)13-21-16-6-4-15(17)5-7-16/h4-7,14H,2-3,8-13H2,1H3. The van der Waals surface area contributed by atoms with Gasteiger partial charge in [-0.25, -0.2) is 12.7 Å². The fourth-order valence-corrected chi connectivity index (χ4v) is 4.36. The summed E-state index contributed by atoms with van der Waals surface area (Å²) in [5, 5.41) is 0.693. The molecule has 4 nitrogen and oxygen atoms in total. The molecule has 1 aromatic carbocycles. The average Bonchev–Trinajstić information content (AvgIpc) is 2.53. The van der Waals surface area contributed by atoms with Gasteiger partial charge in [-0.05, 0) is 49.4 Å². The van der Waals surface area contributed by atoms with Gasteiger partial charge in [-0.2, -0.15) is 0 Å². The molecule has 1 fully saturated rings. The van der Waals surface area contributed by atoms with E-state index in [4.69, 9.17) is 16.3 Å². The average molecular weight is 346 g/mol. The van der Waals surface area contributed by atoms with E-state index in [-0.39, 0.29) is 5.75 Å². The van der Waals surface area contributed by atoms with Gasteiger partial charge in [0.25, 0.3) is 0 Å². The lowest BCUT2D eigenvalue weighted by molar-refractivity contribution is 0.185. The van der Waals surface area contributed by atoms with Crippen molar-refractivity contribution in [1.29, 1.82) is 0 Å². The number of piperidine rings is 1. The number of unbranched alkanes of at least 4 members (excludes halogenated alkanes) is 1. The molecule has 0 N–H and O–H groups in total. The lowest BCUT2D eigenvalue weighted by Crippen LogP contribution is -2.40. The zero-order chi connectivity index (χ0) is 16.0. The number of ether oxygens (including phenoxy) is 1. The Morgan fingerprint density at radius 2 is 1.86 bits per heavy atom. The van der Waals surface area contributed by atoms with Crippen molar-refractivity contribution in [3.05, 3.63) is 29.3 Å². The first-order valence-corrected chi connectivity index (χ1v) is 9.86. The first kappa shape index (κ1) is 17.6. The minimum Gasteiger partial charge on any atom is -0.493 e. The van der Waals surface area contributed by atoms with Crippen LogP contribution in [0.15, 0.2) is 24.3 Å². The maximum Gasteiger partial charge on any atom is 0.214 e. The molecule has 0 unspecified atom stereocenters. The van der Waals surface area contributed by atoms with E-state index in [1.807, 2.05) is 19.1 Å². The first-order valence-electron chi connectivity index (χ1n) is 7.87. The number of halogens is 1. The van der Waals surface area contributed by atoms with E-state index >= 15 is 0 Å². The largest absolute Gasteiger partial charge is 0.493 e. The maximum absolute atomic E-state index is 12.1. The van der Waals surface area contributed by atoms with Crippen molar-refractivity contribution < 1.29 is 13.2 Å². The van der Waals surface area contributed by atoms with Crippen molar-refractivity contribution in [2.24, 2.45) is 5.92 Å². The van der Waals surface area contributed by atoms with Crippen LogP contribution in [0, 0.1) is 5.92 Å². The van der Waals surface area contributed by atoms with Crippen LogP contribution in [0.5, 0.6) is 5.75 Å². The summed E-state index contributed by atoms with van der Waals surface area (Å²) in [4.78, 5) is 0. The summed E-state index contributed by atoms with van der Waals surface area (Å²) in [7, 11) is -3.06. The van der Waals surface area contributed by atoms with Crippen LogP contribution in [0.2, 0.25) is 5.02 Å². The first-order chi connectivity index (χ1) is 10.5. The van der Waals surface area contributed by atoms with Crippen LogP contribution in [0.4, 0.5) is 0 Å². The molecule has 1 aromatic rings. The van der Waals surface area contributed by atoms with E-state index in [0.29, 0.717) is 30.6 Å². The second-order valence-corrected chi connectivity index (χ2v) is 8.30. The molecule has 0 spiro atoms. The number of rotatable bonds is 7. The third kappa shape index (κ3) is 5.14. The molecule has 1 heterocycles. The third-order valence-electron chi connectivity index (χ3n) is 4.02. The summed E-state index contributed by atoms with van der Waals surface area (Å²) >= 11 is 5.84. The van der Waals surface area contributed by atoms with E-state index in [1.165, 1.54) is 0 Å². The molecule has 0 amide bonds. The second kappa shape index (κ2) is 8.18. The minimum atomic E-state index is -3.06. The molecule has 1 saturated heterocycles. The SMILES string of the molecule is CCCCS(=O)(=O)N1CCC(COc2ccc(Cl)cc2)CC1.